The number of nitrogens with zero attached hydrogens (tertiary/aromatic N) is 4. The van der Waals surface area contributed by atoms with Crippen molar-refractivity contribution >= 4 is 17.7 Å². The third-order valence-electron chi connectivity index (χ3n) is 4.75. The molecule has 0 radical (unpaired) electrons. The molecule has 0 aromatic carbocycles. The molecule has 3 heterocycles. The number of thioether (sulfide) groups is 1. The number of pyridine rings is 1. The minimum absolute atomic E-state index is 0.111. The first-order valence-corrected chi connectivity index (χ1v) is 10.6. The minimum Gasteiger partial charge on any atom is -0.361 e. The molecule has 7 nitrogen and oxygen atoms in total. The second-order valence-electron chi connectivity index (χ2n) is 7.37. The summed E-state index contributed by atoms with van der Waals surface area (Å²) < 4.78 is 7.20. The zero-order valence-corrected chi connectivity index (χ0v) is 18.3. The van der Waals surface area contributed by atoms with Crippen LogP contribution in [0.4, 0.5) is 0 Å². The van der Waals surface area contributed by atoms with Crippen molar-refractivity contribution in [2.75, 3.05) is 6.54 Å². The first-order valence-electron chi connectivity index (χ1n) is 9.64. The van der Waals surface area contributed by atoms with Crippen LogP contribution >= 0.6 is 11.8 Å². The van der Waals surface area contributed by atoms with Crippen molar-refractivity contribution in [2.45, 2.75) is 51.9 Å². The van der Waals surface area contributed by atoms with Crippen LogP contribution in [-0.2, 0) is 12.3 Å². The molecule has 0 saturated carbocycles. The van der Waals surface area contributed by atoms with Crippen LogP contribution in [0, 0.1) is 33.6 Å². The molecule has 29 heavy (non-hydrogen) atoms. The van der Waals surface area contributed by atoms with E-state index in [9.17, 15) is 4.79 Å². The largest absolute Gasteiger partial charge is 0.361 e. The van der Waals surface area contributed by atoms with Crippen LogP contribution in [-0.4, -0.2) is 32.4 Å². The Balaban J connectivity index is 1.60. The van der Waals surface area contributed by atoms with Crippen molar-refractivity contribution in [1.82, 2.24) is 25.2 Å². The van der Waals surface area contributed by atoms with E-state index in [1.54, 1.807) is 12.3 Å². The number of rotatable bonds is 8. The van der Waals surface area contributed by atoms with Crippen molar-refractivity contribution in [1.29, 1.82) is 0 Å². The Morgan fingerprint density at radius 2 is 2.10 bits per heavy atom. The first kappa shape index (κ1) is 21.1. The molecule has 154 valence electrons. The topological polar surface area (TPSA) is 85.8 Å². The molecule has 3 rings (SSSR count). The SMILES string of the molecule is Cc1cc(C)n(CC(C)CNC(=O)c2cccnc2SCc2c(C)noc2C)n1. The molecular formula is C21H27N5O2S. The number of nitrogens with one attached hydrogen (secondary N) is 1. The van der Waals surface area contributed by atoms with Gasteiger partial charge in [0.25, 0.3) is 5.91 Å². The summed E-state index contributed by atoms with van der Waals surface area (Å²) in [6, 6.07) is 5.65. The summed E-state index contributed by atoms with van der Waals surface area (Å²) in [5.41, 5.74) is 4.64. The van der Waals surface area contributed by atoms with Gasteiger partial charge in [0.2, 0.25) is 0 Å². The molecule has 3 aromatic heterocycles. The molecule has 0 saturated heterocycles. The molecule has 1 atom stereocenters. The highest BCUT2D eigenvalue weighted by molar-refractivity contribution is 7.98. The van der Waals surface area contributed by atoms with Crippen LogP contribution in [0.15, 0.2) is 33.9 Å². The van der Waals surface area contributed by atoms with Crippen molar-refractivity contribution in [3.8, 4) is 0 Å². The summed E-state index contributed by atoms with van der Waals surface area (Å²) in [6.07, 6.45) is 1.71. The van der Waals surface area contributed by atoms with E-state index in [0.717, 1.165) is 35.0 Å². The van der Waals surface area contributed by atoms with Gasteiger partial charge in [0.05, 0.1) is 17.0 Å². The van der Waals surface area contributed by atoms with Crippen LogP contribution < -0.4 is 5.32 Å². The quantitative estimate of drug-likeness (QED) is 0.565. The summed E-state index contributed by atoms with van der Waals surface area (Å²) in [5.74, 6) is 1.61. The summed E-state index contributed by atoms with van der Waals surface area (Å²) in [4.78, 5) is 17.2. The standard InChI is InChI=1S/C21H27N5O2S/c1-13(11-26-15(3)9-14(2)24-26)10-23-20(27)18-7-6-8-22-21(18)29-12-19-16(4)25-28-17(19)5/h6-9,13H,10-12H2,1-5H3,(H,23,27). The van der Waals surface area contributed by atoms with E-state index in [4.69, 9.17) is 4.52 Å². The summed E-state index contributed by atoms with van der Waals surface area (Å²) in [6.45, 7) is 11.3. The van der Waals surface area contributed by atoms with E-state index < -0.39 is 0 Å². The van der Waals surface area contributed by atoms with Gasteiger partial charge in [-0.2, -0.15) is 5.10 Å². The van der Waals surface area contributed by atoms with E-state index in [1.807, 2.05) is 38.4 Å². The average Bonchev–Trinajstić information content (AvgIpc) is 3.18. The van der Waals surface area contributed by atoms with Gasteiger partial charge in [-0.25, -0.2) is 4.98 Å². The summed E-state index contributed by atoms with van der Waals surface area (Å²) in [7, 11) is 0. The molecule has 1 N–H and O–H groups in total. The monoisotopic (exact) mass is 413 g/mol. The lowest BCUT2D eigenvalue weighted by molar-refractivity contribution is 0.0943. The fourth-order valence-corrected chi connectivity index (χ4v) is 4.25. The Labute approximate surface area is 175 Å². The number of amides is 1. The van der Waals surface area contributed by atoms with Crippen LogP contribution in [0.5, 0.6) is 0 Å². The Kier molecular flexibility index (Phi) is 6.74. The molecule has 8 heteroatoms. The Hall–Kier alpha value is -2.61. The van der Waals surface area contributed by atoms with Gasteiger partial charge in [0.15, 0.2) is 0 Å². The Bertz CT molecular complexity index is 975. The number of carbonyl (C=O) groups is 1. The molecule has 0 fully saturated rings. The van der Waals surface area contributed by atoms with E-state index in [0.29, 0.717) is 22.9 Å². The Morgan fingerprint density at radius 1 is 1.31 bits per heavy atom. The summed E-state index contributed by atoms with van der Waals surface area (Å²) >= 11 is 1.52. The van der Waals surface area contributed by atoms with E-state index in [-0.39, 0.29) is 11.8 Å². The average molecular weight is 414 g/mol. The van der Waals surface area contributed by atoms with Gasteiger partial charge in [-0.05, 0) is 51.8 Å². The van der Waals surface area contributed by atoms with Crippen molar-refractivity contribution < 1.29 is 9.32 Å². The molecular weight excluding hydrogens is 386 g/mol. The second kappa shape index (κ2) is 9.26. The highest BCUT2D eigenvalue weighted by atomic mass is 32.2. The van der Waals surface area contributed by atoms with Gasteiger partial charge in [0.1, 0.15) is 10.8 Å². The molecule has 1 amide bonds. The highest BCUT2D eigenvalue weighted by Crippen LogP contribution is 2.27. The van der Waals surface area contributed by atoms with Crippen LogP contribution in [0.25, 0.3) is 0 Å². The number of aryl methyl sites for hydroxylation is 4. The third kappa shape index (κ3) is 5.26. The van der Waals surface area contributed by atoms with E-state index in [2.05, 4.69) is 33.5 Å². The van der Waals surface area contributed by atoms with Gasteiger partial charge in [0, 0.05) is 36.3 Å². The molecule has 1 unspecified atom stereocenters. The Morgan fingerprint density at radius 3 is 2.76 bits per heavy atom. The second-order valence-corrected chi connectivity index (χ2v) is 8.34. The van der Waals surface area contributed by atoms with Crippen LogP contribution in [0.1, 0.15) is 45.7 Å². The van der Waals surface area contributed by atoms with Gasteiger partial charge >= 0.3 is 0 Å². The van der Waals surface area contributed by atoms with E-state index in [1.165, 1.54) is 11.8 Å². The highest BCUT2D eigenvalue weighted by Gasteiger charge is 2.16. The molecule has 0 aliphatic carbocycles. The lowest BCUT2D eigenvalue weighted by Crippen LogP contribution is -2.30. The predicted octanol–water partition coefficient (Wildman–Crippen LogP) is 3.86. The molecule has 0 spiro atoms. The third-order valence-corrected chi connectivity index (χ3v) is 5.78. The molecule has 0 bridgehead atoms. The van der Waals surface area contributed by atoms with Crippen molar-refractivity contribution in [3.05, 3.63) is 58.4 Å². The van der Waals surface area contributed by atoms with Crippen LogP contribution in [0.3, 0.4) is 0 Å². The minimum atomic E-state index is -0.111. The maximum atomic E-state index is 12.8. The number of aromatic nitrogens is 4. The van der Waals surface area contributed by atoms with Crippen LogP contribution in [0.2, 0.25) is 0 Å². The fraction of sp³-hybridized carbons (Fsp3) is 0.429. The maximum absolute atomic E-state index is 12.8. The zero-order chi connectivity index (χ0) is 21.0. The first-order chi connectivity index (χ1) is 13.8. The van der Waals surface area contributed by atoms with Gasteiger partial charge in [-0.1, -0.05) is 12.1 Å². The fourth-order valence-electron chi connectivity index (χ4n) is 3.11. The molecule has 0 aliphatic heterocycles. The summed E-state index contributed by atoms with van der Waals surface area (Å²) in [5, 5.41) is 12.2. The normalized spacial score (nSPS) is 12.2. The van der Waals surface area contributed by atoms with Gasteiger partial charge in [-0.3, -0.25) is 9.48 Å². The zero-order valence-electron chi connectivity index (χ0n) is 17.5. The van der Waals surface area contributed by atoms with Crippen molar-refractivity contribution in [2.24, 2.45) is 5.92 Å². The number of hydrogen-bond donors (Lipinski definition) is 1. The number of carbonyl (C=O) groups excluding carboxylic acids is 1. The smallest absolute Gasteiger partial charge is 0.254 e. The predicted molar refractivity (Wildman–Crippen MR) is 113 cm³/mol. The lowest BCUT2D eigenvalue weighted by Gasteiger charge is -2.15. The number of hydrogen-bond acceptors (Lipinski definition) is 6. The van der Waals surface area contributed by atoms with Crippen molar-refractivity contribution in [3.63, 3.8) is 0 Å². The van der Waals surface area contributed by atoms with Gasteiger partial charge in [-0.15, -0.1) is 11.8 Å². The molecule has 0 aliphatic rings. The lowest BCUT2D eigenvalue weighted by atomic mass is 10.1. The van der Waals surface area contributed by atoms with Gasteiger partial charge < -0.3 is 9.84 Å². The van der Waals surface area contributed by atoms with E-state index >= 15 is 0 Å². The molecule has 3 aromatic rings. The maximum Gasteiger partial charge on any atom is 0.254 e.